The molecule has 0 bridgehead atoms. The second kappa shape index (κ2) is 10.0. The molecule has 2 N–H and O–H groups in total. The summed E-state index contributed by atoms with van der Waals surface area (Å²) in [6, 6.07) is 13.9. The number of ether oxygens (including phenoxy) is 1. The average Bonchev–Trinajstić information content (AvgIpc) is 3.11. The van der Waals surface area contributed by atoms with Crippen LogP contribution in [0.15, 0.2) is 52.9 Å². The molecule has 0 atom stereocenters. The maximum Gasteiger partial charge on any atom is 0.230 e. The first-order valence-corrected chi connectivity index (χ1v) is 10.3. The third-order valence-corrected chi connectivity index (χ3v) is 5.46. The summed E-state index contributed by atoms with van der Waals surface area (Å²) in [5.41, 5.74) is 1.72. The van der Waals surface area contributed by atoms with Crippen LogP contribution in [0.4, 0.5) is 15.2 Å². The number of hydrogen-bond acceptors (Lipinski definition) is 7. The van der Waals surface area contributed by atoms with Crippen molar-refractivity contribution >= 4 is 39.8 Å². The van der Waals surface area contributed by atoms with Gasteiger partial charge in [0.05, 0.1) is 12.3 Å². The van der Waals surface area contributed by atoms with E-state index in [2.05, 4.69) is 20.8 Å². The van der Waals surface area contributed by atoms with Crippen LogP contribution in [0.3, 0.4) is 0 Å². The second-order valence-electron chi connectivity index (χ2n) is 5.81. The zero-order chi connectivity index (χ0) is 19.8. The summed E-state index contributed by atoms with van der Waals surface area (Å²) in [7, 11) is 0. The van der Waals surface area contributed by atoms with Crippen molar-refractivity contribution in [3.8, 4) is 5.75 Å². The van der Waals surface area contributed by atoms with Crippen molar-refractivity contribution in [3.05, 3.63) is 59.9 Å². The van der Waals surface area contributed by atoms with Gasteiger partial charge in [-0.05, 0) is 42.8 Å². The van der Waals surface area contributed by atoms with Crippen LogP contribution in [-0.2, 0) is 4.79 Å². The quantitative estimate of drug-likeness (QED) is 0.404. The Morgan fingerprint density at radius 2 is 2.07 bits per heavy atom. The summed E-state index contributed by atoms with van der Waals surface area (Å²) in [4.78, 5) is 11.9. The zero-order valence-electron chi connectivity index (χ0n) is 15.1. The summed E-state index contributed by atoms with van der Waals surface area (Å²) in [5, 5.41) is 14.4. The molecule has 0 spiro atoms. The van der Waals surface area contributed by atoms with Crippen molar-refractivity contribution in [1.29, 1.82) is 0 Å². The van der Waals surface area contributed by atoms with Gasteiger partial charge in [-0.15, -0.1) is 10.2 Å². The number of anilines is 2. The summed E-state index contributed by atoms with van der Waals surface area (Å²) >= 11 is 2.60. The Balaban J connectivity index is 1.36. The summed E-state index contributed by atoms with van der Waals surface area (Å²) < 4.78 is 19.4. The van der Waals surface area contributed by atoms with E-state index in [9.17, 15) is 9.18 Å². The highest BCUT2D eigenvalue weighted by Crippen LogP contribution is 2.27. The maximum absolute atomic E-state index is 13.2. The number of nitrogens with zero attached hydrogens (tertiary/aromatic N) is 2. The predicted octanol–water partition coefficient (Wildman–Crippen LogP) is 4.02. The molecule has 28 heavy (non-hydrogen) atoms. The van der Waals surface area contributed by atoms with Gasteiger partial charge in [-0.2, -0.15) is 0 Å². The number of benzene rings is 2. The molecule has 0 saturated carbocycles. The molecule has 3 aromatic rings. The molecule has 6 nitrogen and oxygen atoms in total. The van der Waals surface area contributed by atoms with E-state index in [0.717, 1.165) is 11.3 Å². The highest BCUT2D eigenvalue weighted by Gasteiger charge is 2.08. The normalized spacial score (nSPS) is 10.5. The molecule has 0 radical (unpaired) electrons. The van der Waals surface area contributed by atoms with Crippen molar-refractivity contribution in [2.45, 2.75) is 11.3 Å². The lowest BCUT2D eigenvalue weighted by atomic mass is 10.2. The number of carbonyl (C=O) groups excluding carboxylic acids is 1. The standard InChI is InChI=1S/C19H19FN4O2S2/c1-13-4-2-7-16(10-13)26-9-8-21-17(25)12-27-19-24-23-18(28-19)22-15-6-3-5-14(20)11-15/h2-7,10-11H,8-9,12H2,1H3,(H,21,25)(H,22,23). The third kappa shape index (κ3) is 6.50. The SMILES string of the molecule is Cc1cccc(OCCNC(=O)CSc2nnc(Nc3cccc(F)c3)s2)c1. The fourth-order valence-corrected chi connectivity index (χ4v) is 3.85. The minimum atomic E-state index is -0.327. The molecule has 9 heteroatoms. The first kappa shape index (κ1) is 20.1. The molecule has 0 saturated heterocycles. The molecule has 0 fully saturated rings. The lowest BCUT2D eigenvalue weighted by Crippen LogP contribution is -2.29. The lowest BCUT2D eigenvalue weighted by molar-refractivity contribution is -0.118. The Kier molecular flexibility index (Phi) is 7.21. The van der Waals surface area contributed by atoms with E-state index in [1.807, 2.05) is 31.2 Å². The van der Waals surface area contributed by atoms with Gasteiger partial charge < -0.3 is 15.4 Å². The van der Waals surface area contributed by atoms with Gasteiger partial charge in [0.15, 0.2) is 4.34 Å². The Morgan fingerprint density at radius 3 is 2.89 bits per heavy atom. The van der Waals surface area contributed by atoms with Crippen molar-refractivity contribution in [3.63, 3.8) is 0 Å². The van der Waals surface area contributed by atoms with Crippen LogP contribution in [0.5, 0.6) is 5.75 Å². The average molecular weight is 419 g/mol. The number of amides is 1. The minimum Gasteiger partial charge on any atom is -0.492 e. The lowest BCUT2D eigenvalue weighted by Gasteiger charge is -2.07. The van der Waals surface area contributed by atoms with E-state index in [-0.39, 0.29) is 17.5 Å². The van der Waals surface area contributed by atoms with E-state index in [0.29, 0.717) is 28.3 Å². The highest BCUT2D eigenvalue weighted by atomic mass is 32.2. The third-order valence-electron chi connectivity index (χ3n) is 3.49. The molecule has 0 aliphatic carbocycles. The fourth-order valence-electron chi connectivity index (χ4n) is 2.25. The first-order chi connectivity index (χ1) is 13.6. The van der Waals surface area contributed by atoms with Gasteiger partial charge in [0.25, 0.3) is 0 Å². The predicted molar refractivity (Wildman–Crippen MR) is 110 cm³/mol. The molecule has 146 valence electrons. The monoisotopic (exact) mass is 418 g/mol. The minimum absolute atomic E-state index is 0.104. The van der Waals surface area contributed by atoms with Gasteiger partial charge >= 0.3 is 0 Å². The van der Waals surface area contributed by atoms with Gasteiger partial charge in [-0.3, -0.25) is 4.79 Å². The summed E-state index contributed by atoms with van der Waals surface area (Å²) in [5.74, 6) is 0.592. The highest BCUT2D eigenvalue weighted by molar-refractivity contribution is 8.01. The van der Waals surface area contributed by atoms with Gasteiger partial charge in [0.2, 0.25) is 11.0 Å². The molecule has 0 aliphatic heterocycles. The van der Waals surface area contributed by atoms with Crippen LogP contribution >= 0.6 is 23.1 Å². The van der Waals surface area contributed by atoms with E-state index in [4.69, 9.17) is 4.74 Å². The summed E-state index contributed by atoms with van der Waals surface area (Å²) in [6.45, 7) is 2.83. The number of hydrogen-bond donors (Lipinski definition) is 2. The summed E-state index contributed by atoms with van der Waals surface area (Å²) in [6.07, 6.45) is 0. The van der Waals surface area contributed by atoms with Gasteiger partial charge in [-0.25, -0.2) is 4.39 Å². The molecule has 1 aromatic heterocycles. The Bertz CT molecular complexity index is 936. The van der Waals surface area contributed by atoms with Crippen molar-refractivity contribution in [1.82, 2.24) is 15.5 Å². The molecule has 0 unspecified atom stereocenters. The van der Waals surface area contributed by atoms with Crippen molar-refractivity contribution < 1.29 is 13.9 Å². The van der Waals surface area contributed by atoms with Crippen molar-refractivity contribution in [2.75, 3.05) is 24.2 Å². The van der Waals surface area contributed by atoms with Crippen LogP contribution in [-0.4, -0.2) is 35.0 Å². The number of thioether (sulfide) groups is 1. The molecule has 2 aromatic carbocycles. The van der Waals surface area contributed by atoms with Gasteiger partial charge in [0.1, 0.15) is 18.2 Å². The number of nitrogens with one attached hydrogen (secondary N) is 2. The first-order valence-electron chi connectivity index (χ1n) is 8.53. The Morgan fingerprint density at radius 1 is 1.21 bits per heavy atom. The second-order valence-corrected chi connectivity index (χ2v) is 8.01. The van der Waals surface area contributed by atoms with Crippen LogP contribution in [0, 0.1) is 12.7 Å². The Labute approximate surface area is 170 Å². The van der Waals surface area contributed by atoms with Crippen LogP contribution in [0.25, 0.3) is 0 Å². The number of halogens is 1. The smallest absolute Gasteiger partial charge is 0.230 e. The van der Waals surface area contributed by atoms with E-state index in [1.165, 1.54) is 35.2 Å². The fraction of sp³-hybridized carbons (Fsp3) is 0.211. The van der Waals surface area contributed by atoms with Gasteiger partial charge in [0, 0.05) is 5.69 Å². The largest absolute Gasteiger partial charge is 0.492 e. The molecule has 3 rings (SSSR count). The van der Waals surface area contributed by atoms with Crippen LogP contribution in [0.1, 0.15) is 5.56 Å². The van der Waals surface area contributed by atoms with Crippen molar-refractivity contribution in [2.24, 2.45) is 0 Å². The molecular weight excluding hydrogens is 399 g/mol. The molecule has 1 amide bonds. The van der Waals surface area contributed by atoms with E-state index in [1.54, 1.807) is 12.1 Å². The van der Waals surface area contributed by atoms with E-state index >= 15 is 0 Å². The molecule has 0 aliphatic rings. The number of aryl methyl sites for hydroxylation is 1. The van der Waals surface area contributed by atoms with Crippen LogP contribution < -0.4 is 15.4 Å². The van der Waals surface area contributed by atoms with E-state index < -0.39 is 0 Å². The molecule has 1 heterocycles. The number of aromatic nitrogens is 2. The molecular formula is C19H19FN4O2S2. The zero-order valence-corrected chi connectivity index (χ0v) is 16.8. The number of carbonyl (C=O) groups is 1. The maximum atomic E-state index is 13.2. The topological polar surface area (TPSA) is 76.1 Å². The number of rotatable bonds is 9. The van der Waals surface area contributed by atoms with Crippen LogP contribution in [0.2, 0.25) is 0 Å². The Hall–Kier alpha value is -2.65. The van der Waals surface area contributed by atoms with Gasteiger partial charge in [-0.1, -0.05) is 41.3 Å².